The van der Waals surface area contributed by atoms with E-state index in [0.29, 0.717) is 42.9 Å². The molecule has 106 heavy (non-hydrogen) atoms. The number of alkyl carbamates (subject to hydrolysis) is 1. The predicted molar refractivity (Wildman–Crippen MR) is 380 cm³/mol. The number of aliphatic hydroxyl groups excluding tert-OH is 1. The lowest BCUT2D eigenvalue weighted by molar-refractivity contribution is -0.208. The Balaban J connectivity index is 0.613. The number of halogens is 2. The smallest absolute Gasteiger partial charge is 0.407 e. The molecule has 6 aliphatic rings. The average molecular weight is 1480 g/mol. The summed E-state index contributed by atoms with van der Waals surface area (Å²) in [6.07, 6.45) is -1.16. The largest absolute Gasteiger partial charge is 0.445 e. The van der Waals surface area contributed by atoms with E-state index in [2.05, 4.69) is 49.1 Å². The predicted octanol–water partition coefficient (Wildman–Crippen LogP) is 4.70. The minimum atomic E-state index is -2.35. The standard InChI is InChI=1S/C76H97F2N9O19/c1-5-11-68-105-63-39-54-55(41-61(89)76(78)56(54)40-58(77)57-38-53(88)25-27-74(57,76)4)75(63,106-68)62(90)45-103-46-83-66(93)42-82-73(98)104-44-48-17-21-52(22-18-48)84-70(95)59(15-10-28-81-72(79)97)85-71(96)69(47(2)3)86-65(92)26-30-99-32-34-101-36-37-102-35-33-100-31-29-80-64(91)23-24-67(94)87-43-51-14-7-6-12-49(51)19-20-50-13-8-9-16-60(50)87/h6-9,12-14,16-18,21-22,25,27,38,47,54-56,58-59,61,63,68-69,89H,5,10-11,15,23-24,26,28-37,39-46H2,1-4H3,(H,80,91)(H,82,98)(H,83,93)(H,84,95)(H,85,96)(H,86,92)(H3,79,81,97)/t54-,55?,56+,58+,59+,61+,63-,68?,69+,74+,75-,76+/m1/s1. The number of carbonyl (C=O) groups is 10. The van der Waals surface area contributed by atoms with E-state index in [1.807, 2.05) is 55.5 Å². The zero-order chi connectivity index (χ0) is 76.0. The number of hydrogen-bond acceptors (Lipinski definition) is 19. The molecule has 30 heteroatoms. The molecule has 0 spiro atoms. The van der Waals surface area contributed by atoms with Crippen molar-refractivity contribution in [3.63, 3.8) is 0 Å². The minimum Gasteiger partial charge on any atom is -0.445 e. The van der Waals surface area contributed by atoms with Crippen LogP contribution in [0.3, 0.4) is 0 Å². The molecule has 2 unspecified atom stereocenters. The number of aliphatic hydroxyl groups is 1. The summed E-state index contributed by atoms with van der Waals surface area (Å²) >= 11 is 0. The first-order valence-corrected chi connectivity index (χ1v) is 36.1. The first kappa shape index (κ1) is 81.0. The van der Waals surface area contributed by atoms with E-state index >= 15 is 8.78 Å². The van der Waals surface area contributed by atoms with E-state index in [1.54, 1.807) is 30.9 Å². The molecule has 2 heterocycles. The Hall–Kier alpha value is -9.06. The van der Waals surface area contributed by atoms with Gasteiger partial charge in [0.25, 0.3) is 0 Å². The number of nitrogens with one attached hydrogen (secondary N) is 7. The number of alkyl halides is 2. The van der Waals surface area contributed by atoms with Crippen molar-refractivity contribution in [1.82, 2.24) is 31.9 Å². The summed E-state index contributed by atoms with van der Waals surface area (Å²) < 4.78 is 79.6. The Bertz CT molecular complexity index is 3760. The normalized spacial score (nSPS) is 24.2. The third-order valence-corrected chi connectivity index (χ3v) is 20.1. The van der Waals surface area contributed by atoms with Gasteiger partial charge in [0.05, 0.1) is 77.3 Å². The molecule has 0 aromatic heterocycles. The molecule has 1 saturated heterocycles. The van der Waals surface area contributed by atoms with Crippen molar-refractivity contribution < 1.29 is 99.7 Å². The second kappa shape index (κ2) is 38.5. The van der Waals surface area contributed by atoms with Gasteiger partial charge < -0.3 is 90.9 Å². The van der Waals surface area contributed by atoms with Crippen molar-refractivity contribution in [3.8, 4) is 11.8 Å². The number of allylic oxidation sites excluding steroid dienone is 4. The minimum absolute atomic E-state index is 0.0140. The number of rotatable bonds is 39. The number of ether oxygens (including phenoxy) is 8. The summed E-state index contributed by atoms with van der Waals surface area (Å²) in [6.45, 7) is 7.63. The van der Waals surface area contributed by atoms with E-state index in [0.717, 1.165) is 22.8 Å². The van der Waals surface area contributed by atoms with E-state index in [-0.39, 0.29) is 135 Å². The van der Waals surface area contributed by atoms with Crippen molar-refractivity contribution in [2.45, 2.75) is 153 Å². The fraction of sp³-hybridized carbons (Fsp3) is 0.553. The van der Waals surface area contributed by atoms with Gasteiger partial charge in [-0.2, -0.15) is 0 Å². The maximum atomic E-state index is 17.7. The fourth-order valence-corrected chi connectivity index (χ4v) is 14.7. The third-order valence-electron chi connectivity index (χ3n) is 20.1. The lowest BCUT2D eigenvalue weighted by Gasteiger charge is -2.60. The molecular formula is C76H97F2N9O19. The SMILES string of the molecule is CCCC1O[C@@H]2C[C@@H]3C(C[C@H](O)[C@@]4(F)[C@H]3C[C@H](F)C3=CC(=O)C=C[C@@]34C)[C@]2(C(=O)COCNC(=O)CNC(=O)OCc2ccc(NC(=O)[C@H](CCCNC(N)=O)NC(=O)[C@@H](NC(=O)CCOCCOCCOCCOCCNC(=O)CCC(=O)N3Cc4ccccc4C#Cc4ccccc43)C(C)C)cc2)O1. The number of hydrogen-bond donors (Lipinski definition) is 9. The highest BCUT2D eigenvalue weighted by Gasteiger charge is 2.76. The maximum absolute atomic E-state index is 17.7. The van der Waals surface area contributed by atoms with Crippen LogP contribution in [0.1, 0.15) is 114 Å². The molecule has 2 aliphatic heterocycles. The number of carbonyl (C=O) groups excluding carboxylic acids is 10. The van der Waals surface area contributed by atoms with Crippen LogP contribution in [0.5, 0.6) is 0 Å². The molecule has 0 radical (unpaired) electrons. The number of primary amides is 1. The molecule has 9 rings (SSSR count). The quantitative estimate of drug-likeness (QED) is 0.0212. The Morgan fingerprint density at radius 3 is 2.15 bits per heavy atom. The molecule has 4 aliphatic carbocycles. The number of anilines is 2. The fourth-order valence-electron chi connectivity index (χ4n) is 14.7. The maximum Gasteiger partial charge on any atom is 0.407 e. The van der Waals surface area contributed by atoms with Crippen molar-refractivity contribution in [3.05, 3.63) is 119 Å². The van der Waals surface area contributed by atoms with Gasteiger partial charge >= 0.3 is 12.1 Å². The molecule has 28 nitrogen and oxygen atoms in total. The monoisotopic (exact) mass is 1480 g/mol. The van der Waals surface area contributed by atoms with Crippen LogP contribution < -0.4 is 47.9 Å². The summed E-state index contributed by atoms with van der Waals surface area (Å²) in [6, 6.07) is 18.4. The molecule has 4 fully saturated rings. The lowest BCUT2D eigenvalue weighted by Crippen LogP contribution is -2.68. The van der Waals surface area contributed by atoms with Crippen LogP contribution in [0.25, 0.3) is 0 Å². The second-order valence-corrected chi connectivity index (χ2v) is 27.5. The molecule has 574 valence electrons. The first-order chi connectivity index (χ1) is 50.9. The Morgan fingerprint density at radius 1 is 0.745 bits per heavy atom. The number of nitrogens with zero attached hydrogens (tertiary/aromatic N) is 1. The van der Waals surface area contributed by atoms with E-state index < -0.39 is 144 Å². The molecule has 12 atom stereocenters. The number of Topliss-reactive ketones (excluding diaryl/α,β-unsaturated/α-hetero) is 1. The number of urea groups is 1. The van der Waals surface area contributed by atoms with E-state index in [1.165, 1.54) is 31.2 Å². The van der Waals surface area contributed by atoms with Gasteiger partial charge in [-0.3, -0.25) is 38.4 Å². The lowest BCUT2D eigenvalue weighted by atomic mass is 9.47. The molecule has 10 N–H and O–H groups in total. The number of benzene rings is 3. The summed E-state index contributed by atoms with van der Waals surface area (Å²) in [4.78, 5) is 132. The second-order valence-electron chi connectivity index (χ2n) is 27.5. The summed E-state index contributed by atoms with van der Waals surface area (Å²) in [5.74, 6) is -0.317. The van der Waals surface area contributed by atoms with Crippen LogP contribution in [-0.4, -0.2) is 198 Å². The highest BCUT2D eigenvalue weighted by atomic mass is 19.1. The van der Waals surface area contributed by atoms with Crippen molar-refractivity contribution in [2.24, 2.45) is 34.8 Å². The van der Waals surface area contributed by atoms with Gasteiger partial charge in [0.1, 0.15) is 44.7 Å². The Morgan fingerprint density at radius 2 is 1.43 bits per heavy atom. The topological polar surface area (TPSA) is 378 Å². The number of fused-ring (bicyclic) bond motifs is 9. The Labute approximate surface area is 614 Å². The highest BCUT2D eigenvalue weighted by Crippen LogP contribution is 2.68. The Kier molecular flexibility index (Phi) is 29.4. The third kappa shape index (κ3) is 20.5. The average Bonchev–Trinajstić information content (AvgIpc) is 1.40. The molecule has 3 saturated carbocycles. The first-order valence-electron chi connectivity index (χ1n) is 36.1. The van der Waals surface area contributed by atoms with Crippen LogP contribution in [0.4, 0.5) is 29.7 Å². The number of amides is 9. The molecule has 9 amide bonds. The van der Waals surface area contributed by atoms with Crippen LogP contribution in [-0.2, 0) is 89.4 Å². The van der Waals surface area contributed by atoms with Crippen LogP contribution in [0.2, 0.25) is 0 Å². The van der Waals surface area contributed by atoms with Crippen LogP contribution in [0.15, 0.2) is 96.6 Å². The molecule has 3 aromatic rings. The summed E-state index contributed by atoms with van der Waals surface area (Å²) in [5.41, 5.74) is 3.66. The highest BCUT2D eigenvalue weighted by molar-refractivity contribution is 6.02. The van der Waals surface area contributed by atoms with Crippen LogP contribution in [0, 0.1) is 40.9 Å². The van der Waals surface area contributed by atoms with Gasteiger partial charge in [-0.05, 0) is 116 Å². The van der Waals surface area contributed by atoms with E-state index in [4.69, 9.17) is 43.6 Å². The number of ketones is 2. The summed E-state index contributed by atoms with van der Waals surface area (Å²) in [5, 5.41) is 29.9. The van der Waals surface area contributed by atoms with E-state index in [9.17, 15) is 53.1 Å². The van der Waals surface area contributed by atoms with Crippen molar-refractivity contribution in [2.75, 3.05) is 96.0 Å². The van der Waals surface area contributed by atoms with Gasteiger partial charge in [-0.15, -0.1) is 0 Å². The number of para-hydroxylation sites is 1. The number of nitrogens with two attached hydrogens (primary N) is 1. The van der Waals surface area contributed by atoms with Gasteiger partial charge in [-0.1, -0.05) is 87.6 Å². The summed E-state index contributed by atoms with van der Waals surface area (Å²) in [7, 11) is 0. The zero-order valence-corrected chi connectivity index (χ0v) is 60.2. The molecule has 3 aromatic carbocycles. The molecule has 0 bridgehead atoms. The van der Waals surface area contributed by atoms with Gasteiger partial charge in [0, 0.05) is 66.4 Å². The van der Waals surface area contributed by atoms with Crippen molar-refractivity contribution >= 4 is 70.5 Å². The van der Waals surface area contributed by atoms with Gasteiger partial charge in [0.15, 0.2) is 29.1 Å². The zero-order valence-electron chi connectivity index (χ0n) is 60.2. The molecular weight excluding hydrogens is 1380 g/mol. The van der Waals surface area contributed by atoms with Gasteiger partial charge in [0.2, 0.25) is 35.4 Å². The van der Waals surface area contributed by atoms with Crippen LogP contribution >= 0.6 is 0 Å². The van der Waals surface area contributed by atoms with Crippen molar-refractivity contribution in [1.29, 1.82) is 0 Å². The van der Waals surface area contributed by atoms with Gasteiger partial charge in [-0.25, -0.2) is 18.4 Å².